The highest BCUT2D eigenvalue weighted by Gasteiger charge is 2.20. The molecule has 1 aliphatic carbocycles. The first-order valence-corrected chi connectivity index (χ1v) is 15.1. The fourth-order valence-corrected chi connectivity index (χ4v) is 6.11. The summed E-state index contributed by atoms with van der Waals surface area (Å²) in [5.74, 6) is 7.94. The number of para-hydroxylation sites is 1. The summed E-state index contributed by atoms with van der Waals surface area (Å²) < 4.78 is 6.05. The fraction of sp³-hybridized carbons (Fsp3) is 0.457. The molecule has 1 aromatic heterocycles. The van der Waals surface area contributed by atoms with Gasteiger partial charge in [-0.25, -0.2) is 0 Å². The van der Waals surface area contributed by atoms with Crippen LogP contribution in [0.25, 0.3) is 10.9 Å². The predicted octanol–water partition coefficient (Wildman–Crippen LogP) is 7.08. The van der Waals surface area contributed by atoms with Gasteiger partial charge >= 0.3 is 0 Å². The minimum absolute atomic E-state index is 0.00376. The zero-order valence-electron chi connectivity index (χ0n) is 23.5. The lowest BCUT2D eigenvalue weighted by molar-refractivity contribution is 0.0965. The number of H-pyrrole nitrogens is 1. The van der Waals surface area contributed by atoms with Gasteiger partial charge in [-0.3, -0.25) is 4.79 Å². The number of nitrogens with one attached hydrogen (secondary N) is 2. The first kappa shape index (κ1) is 28.1. The molecule has 2 aromatic carbocycles. The predicted molar refractivity (Wildman–Crippen MR) is 161 cm³/mol. The summed E-state index contributed by atoms with van der Waals surface area (Å²) >= 11 is 0. The zero-order chi connectivity index (χ0) is 27.6. The summed E-state index contributed by atoms with van der Waals surface area (Å²) in [6.45, 7) is 0.614. The number of aliphatic hydroxyl groups is 1. The standard InChI is InChI=1S/C35H42N2O3/c38-25-28(22-30-24-37-33-17-8-7-16-31(30)33)18-19-36-35(39)32-23-27(21-29-15-9-10-20-40-34(29)32)14-6-2-5-13-26-11-3-1-4-12-26/h7-8,16-19,21,23-24,26,28,37-38H,1-5,9-13,15,20,22,25H2,(H,36,39)/b19-18+. The number of carbonyl (C=O) groups excluding carboxylic acids is 1. The molecule has 0 spiro atoms. The molecule has 1 aliphatic heterocycles. The number of aromatic amines is 1. The molecule has 1 fully saturated rings. The summed E-state index contributed by atoms with van der Waals surface area (Å²) in [4.78, 5) is 16.6. The number of unbranched alkanes of at least 4 members (excludes halogenated alkanes) is 1. The summed E-state index contributed by atoms with van der Waals surface area (Å²) in [6, 6.07) is 12.1. The molecule has 2 aliphatic rings. The highest BCUT2D eigenvalue weighted by Crippen LogP contribution is 2.31. The van der Waals surface area contributed by atoms with E-state index >= 15 is 0 Å². The number of rotatable bonds is 9. The fourth-order valence-electron chi connectivity index (χ4n) is 6.11. The Morgan fingerprint density at radius 1 is 1.15 bits per heavy atom. The molecular formula is C35H42N2O3. The van der Waals surface area contributed by atoms with Crippen LogP contribution in [-0.2, 0) is 12.8 Å². The molecule has 40 heavy (non-hydrogen) atoms. The molecule has 210 valence electrons. The van der Waals surface area contributed by atoms with Gasteiger partial charge < -0.3 is 20.1 Å². The van der Waals surface area contributed by atoms with Crippen LogP contribution in [0.1, 0.15) is 91.3 Å². The quantitative estimate of drug-likeness (QED) is 0.201. The molecule has 5 heteroatoms. The van der Waals surface area contributed by atoms with Gasteiger partial charge in [-0.15, -0.1) is 0 Å². The van der Waals surface area contributed by atoms with Gasteiger partial charge in [0.1, 0.15) is 5.75 Å². The molecule has 5 nitrogen and oxygen atoms in total. The third-order valence-electron chi connectivity index (χ3n) is 8.34. The molecule has 5 rings (SSSR count). The SMILES string of the molecule is O=C(N/C=C/C(CO)Cc1c[nH]c2ccccc12)c1cc(C#CCCCC2CCCCC2)cc2c1OCCCC2. The first-order chi connectivity index (χ1) is 19.7. The molecule has 3 aromatic rings. The molecule has 1 amide bonds. The van der Waals surface area contributed by atoms with Crippen molar-refractivity contribution in [2.45, 2.75) is 77.0 Å². The highest BCUT2D eigenvalue weighted by atomic mass is 16.5. The van der Waals surface area contributed by atoms with E-state index in [0.29, 0.717) is 24.3 Å². The molecular weight excluding hydrogens is 496 g/mol. The van der Waals surface area contributed by atoms with E-state index in [4.69, 9.17) is 4.74 Å². The molecule has 0 bridgehead atoms. The van der Waals surface area contributed by atoms with Crippen molar-refractivity contribution >= 4 is 16.8 Å². The second-order valence-corrected chi connectivity index (χ2v) is 11.4. The Morgan fingerprint density at radius 3 is 2.90 bits per heavy atom. The summed E-state index contributed by atoms with van der Waals surface area (Å²) in [6.07, 6.45) is 19.4. The van der Waals surface area contributed by atoms with Crippen LogP contribution in [0, 0.1) is 23.7 Å². The topological polar surface area (TPSA) is 74.4 Å². The van der Waals surface area contributed by atoms with Crippen LogP contribution in [0.5, 0.6) is 5.75 Å². The monoisotopic (exact) mass is 538 g/mol. The van der Waals surface area contributed by atoms with Gasteiger partial charge in [0.05, 0.1) is 12.2 Å². The van der Waals surface area contributed by atoms with Crippen molar-refractivity contribution < 1.29 is 14.6 Å². The van der Waals surface area contributed by atoms with Crippen LogP contribution in [0.3, 0.4) is 0 Å². The van der Waals surface area contributed by atoms with E-state index < -0.39 is 0 Å². The van der Waals surface area contributed by atoms with Crippen LogP contribution in [0.15, 0.2) is 54.9 Å². The van der Waals surface area contributed by atoms with Gasteiger partial charge in [0, 0.05) is 47.8 Å². The molecule has 1 saturated carbocycles. The number of hydrogen-bond acceptors (Lipinski definition) is 3. The third kappa shape index (κ3) is 7.37. The van der Waals surface area contributed by atoms with Crippen molar-refractivity contribution in [3.05, 3.63) is 77.1 Å². The summed E-state index contributed by atoms with van der Waals surface area (Å²) in [5, 5.41) is 14.1. The van der Waals surface area contributed by atoms with Gasteiger partial charge in [-0.1, -0.05) is 68.2 Å². The molecule has 3 N–H and O–H groups in total. The van der Waals surface area contributed by atoms with E-state index in [2.05, 4.69) is 34.3 Å². The minimum Gasteiger partial charge on any atom is -0.492 e. The van der Waals surface area contributed by atoms with E-state index in [-0.39, 0.29) is 18.4 Å². The maximum atomic E-state index is 13.3. The Morgan fingerprint density at radius 2 is 2.02 bits per heavy atom. The number of carbonyl (C=O) groups is 1. The van der Waals surface area contributed by atoms with Crippen LogP contribution in [0.4, 0.5) is 0 Å². The van der Waals surface area contributed by atoms with Crippen LogP contribution < -0.4 is 10.1 Å². The number of benzene rings is 2. The number of aryl methyl sites for hydroxylation is 1. The molecule has 1 atom stereocenters. The Labute approximate surface area is 238 Å². The first-order valence-electron chi connectivity index (χ1n) is 15.1. The second-order valence-electron chi connectivity index (χ2n) is 11.4. The van der Waals surface area contributed by atoms with E-state index in [1.807, 2.05) is 36.5 Å². The normalized spacial score (nSPS) is 16.5. The average Bonchev–Trinajstić information content (AvgIpc) is 3.24. The van der Waals surface area contributed by atoms with Crippen LogP contribution in [-0.4, -0.2) is 29.2 Å². The number of aromatic nitrogens is 1. The van der Waals surface area contributed by atoms with Crippen molar-refractivity contribution in [3.63, 3.8) is 0 Å². The lowest BCUT2D eigenvalue weighted by Crippen LogP contribution is -2.20. The van der Waals surface area contributed by atoms with Gasteiger partial charge in [-0.2, -0.15) is 0 Å². The Kier molecular flexibility index (Phi) is 9.98. The van der Waals surface area contributed by atoms with Crippen molar-refractivity contribution in [2.24, 2.45) is 11.8 Å². The molecule has 0 saturated heterocycles. The smallest absolute Gasteiger partial charge is 0.259 e. The number of fused-ring (bicyclic) bond motifs is 2. The van der Waals surface area contributed by atoms with Crippen molar-refractivity contribution in [1.82, 2.24) is 10.3 Å². The van der Waals surface area contributed by atoms with Gasteiger partial charge in [0.2, 0.25) is 0 Å². The number of aliphatic hydroxyl groups excluding tert-OH is 1. The van der Waals surface area contributed by atoms with E-state index in [0.717, 1.165) is 65.6 Å². The van der Waals surface area contributed by atoms with E-state index in [1.165, 1.54) is 38.5 Å². The number of amides is 1. The van der Waals surface area contributed by atoms with Crippen molar-refractivity contribution in [3.8, 4) is 17.6 Å². The van der Waals surface area contributed by atoms with Crippen LogP contribution >= 0.6 is 0 Å². The maximum Gasteiger partial charge on any atom is 0.259 e. The van der Waals surface area contributed by atoms with Crippen molar-refractivity contribution in [1.29, 1.82) is 0 Å². The summed E-state index contributed by atoms with van der Waals surface area (Å²) in [7, 11) is 0. The summed E-state index contributed by atoms with van der Waals surface area (Å²) in [5.41, 5.74) is 4.71. The lowest BCUT2D eigenvalue weighted by atomic mass is 9.86. The molecule has 0 radical (unpaired) electrons. The second kappa shape index (κ2) is 14.2. The van der Waals surface area contributed by atoms with E-state index in [1.54, 1.807) is 6.20 Å². The maximum absolute atomic E-state index is 13.3. The van der Waals surface area contributed by atoms with E-state index in [9.17, 15) is 9.90 Å². The Hall–Kier alpha value is -3.49. The number of ether oxygens (including phenoxy) is 1. The Bertz CT molecular complexity index is 1370. The average molecular weight is 539 g/mol. The molecule has 2 heterocycles. The Balaban J connectivity index is 1.24. The van der Waals surface area contributed by atoms with Gasteiger partial charge in [0.25, 0.3) is 5.91 Å². The zero-order valence-corrected chi connectivity index (χ0v) is 23.5. The minimum atomic E-state index is -0.209. The van der Waals surface area contributed by atoms with Crippen molar-refractivity contribution in [2.75, 3.05) is 13.2 Å². The third-order valence-corrected chi connectivity index (χ3v) is 8.34. The number of hydrogen-bond donors (Lipinski definition) is 3. The lowest BCUT2D eigenvalue weighted by Gasteiger charge is -2.20. The van der Waals surface area contributed by atoms with Gasteiger partial charge in [-0.05, 0) is 73.8 Å². The van der Waals surface area contributed by atoms with Crippen LogP contribution in [0.2, 0.25) is 0 Å². The highest BCUT2D eigenvalue weighted by molar-refractivity contribution is 5.98. The molecule has 1 unspecified atom stereocenters. The largest absolute Gasteiger partial charge is 0.492 e. The van der Waals surface area contributed by atoms with Gasteiger partial charge in [0.15, 0.2) is 0 Å².